The number of carbonyl (C=O) groups excluding carboxylic acids is 3. The predicted octanol–water partition coefficient (Wildman–Crippen LogP) is 5.66. The maximum absolute atomic E-state index is 13.4. The summed E-state index contributed by atoms with van der Waals surface area (Å²) in [5, 5.41) is 25.2. The molecule has 42 heavy (non-hydrogen) atoms. The van der Waals surface area contributed by atoms with Crippen LogP contribution in [0.15, 0.2) is 66.8 Å². The highest BCUT2D eigenvalue weighted by molar-refractivity contribution is 6.39. The molecule has 1 N–H and O–H groups in total. The standard InChI is InChI=1S/C28H21ClN4O9/c1-4-5-17-10-16(11-20-26(34)30-28(36)31(27(20)35)21-13-18(29)7-6-15(21)2)12-24(41-3)25(17)42-23-9-8-19(32(37)38)14-22(23)33(39)40/h4,6-14H,1,5H2,2-3H3,(H,30,34,36)/b20-11+. The molecule has 0 aromatic heterocycles. The molecule has 0 saturated carbocycles. The number of anilines is 1. The van der Waals surface area contributed by atoms with E-state index in [4.69, 9.17) is 21.1 Å². The first kappa shape index (κ1) is 29.4. The summed E-state index contributed by atoms with van der Waals surface area (Å²) >= 11 is 6.08. The van der Waals surface area contributed by atoms with Crippen LogP contribution in [-0.2, 0) is 16.0 Å². The Hall–Kier alpha value is -5.56. The van der Waals surface area contributed by atoms with E-state index >= 15 is 0 Å². The van der Waals surface area contributed by atoms with Gasteiger partial charge in [-0.05, 0) is 60.9 Å². The number of allylic oxidation sites excluding steroid dienone is 1. The smallest absolute Gasteiger partial charge is 0.335 e. The molecule has 0 bridgehead atoms. The van der Waals surface area contributed by atoms with Crippen molar-refractivity contribution in [3.63, 3.8) is 0 Å². The lowest BCUT2D eigenvalue weighted by Gasteiger charge is -2.27. The van der Waals surface area contributed by atoms with Crippen LogP contribution < -0.4 is 19.7 Å². The number of nitro groups is 2. The minimum absolute atomic E-state index is 0.0438. The van der Waals surface area contributed by atoms with Crippen LogP contribution in [0.2, 0.25) is 5.02 Å². The number of hydrogen-bond acceptors (Lipinski definition) is 9. The minimum Gasteiger partial charge on any atom is -0.493 e. The van der Waals surface area contributed by atoms with Gasteiger partial charge >= 0.3 is 11.7 Å². The van der Waals surface area contributed by atoms with Crippen molar-refractivity contribution < 1.29 is 33.7 Å². The fourth-order valence-electron chi connectivity index (χ4n) is 4.17. The topological polar surface area (TPSA) is 171 Å². The SMILES string of the molecule is C=CCc1cc(/C=C2\C(=O)NC(=O)N(c3cc(Cl)ccc3C)C2=O)cc(OC)c1Oc1ccc([N+](=O)[O-])cc1[N+](=O)[O-]. The third kappa shape index (κ3) is 5.81. The quantitative estimate of drug-likeness (QED) is 0.108. The van der Waals surface area contributed by atoms with Gasteiger partial charge in [-0.25, -0.2) is 9.69 Å². The molecule has 1 saturated heterocycles. The molecule has 3 aromatic rings. The molecule has 214 valence electrons. The number of barbiturate groups is 1. The van der Waals surface area contributed by atoms with E-state index in [2.05, 4.69) is 11.9 Å². The van der Waals surface area contributed by atoms with Gasteiger partial charge in [0, 0.05) is 16.7 Å². The van der Waals surface area contributed by atoms with Crippen LogP contribution >= 0.6 is 11.6 Å². The first-order valence-corrected chi connectivity index (χ1v) is 12.4. The van der Waals surface area contributed by atoms with Crippen LogP contribution in [0.25, 0.3) is 6.08 Å². The van der Waals surface area contributed by atoms with E-state index in [9.17, 15) is 34.6 Å². The Bertz CT molecular complexity index is 1720. The number of non-ortho nitro benzene ring substituents is 1. The molecular weight excluding hydrogens is 572 g/mol. The lowest BCUT2D eigenvalue weighted by atomic mass is 10.0. The van der Waals surface area contributed by atoms with Crippen LogP contribution in [0.1, 0.15) is 16.7 Å². The van der Waals surface area contributed by atoms with Gasteiger partial charge in [0.2, 0.25) is 5.75 Å². The number of rotatable bonds is 9. The lowest BCUT2D eigenvalue weighted by molar-refractivity contribution is -0.394. The normalized spacial score (nSPS) is 14.0. The van der Waals surface area contributed by atoms with Crippen molar-refractivity contribution in [3.8, 4) is 17.2 Å². The Labute approximate surface area is 242 Å². The zero-order chi connectivity index (χ0) is 30.7. The van der Waals surface area contributed by atoms with Gasteiger partial charge < -0.3 is 9.47 Å². The molecule has 3 aromatic carbocycles. The molecule has 4 rings (SSSR count). The number of urea groups is 1. The molecular formula is C28H21ClN4O9. The molecule has 13 nitrogen and oxygen atoms in total. The third-order valence-corrected chi connectivity index (χ3v) is 6.36. The molecule has 14 heteroatoms. The van der Waals surface area contributed by atoms with Crippen molar-refractivity contribution in [2.75, 3.05) is 12.0 Å². The number of halogens is 1. The largest absolute Gasteiger partial charge is 0.493 e. The van der Waals surface area contributed by atoms with Gasteiger partial charge in [-0.3, -0.25) is 35.1 Å². The number of methoxy groups -OCH3 is 1. The fraction of sp³-hybridized carbons (Fsp3) is 0.107. The van der Waals surface area contributed by atoms with E-state index in [-0.39, 0.29) is 40.0 Å². The number of nitro benzene ring substituents is 2. The van der Waals surface area contributed by atoms with Crippen LogP contribution in [0.3, 0.4) is 0 Å². The van der Waals surface area contributed by atoms with E-state index in [0.717, 1.165) is 23.1 Å². The van der Waals surface area contributed by atoms with Gasteiger partial charge in [-0.1, -0.05) is 23.7 Å². The molecule has 0 aliphatic carbocycles. The lowest BCUT2D eigenvalue weighted by Crippen LogP contribution is -2.54. The molecule has 1 heterocycles. The first-order chi connectivity index (χ1) is 19.9. The highest BCUT2D eigenvalue weighted by Gasteiger charge is 2.37. The van der Waals surface area contributed by atoms with Crippen LogP contribution in [-0.4, -0.2) is 34.8 Å². The maximum Gasteiger partial charge on any atom is 0.335 e. The monoisotopic (exact) mass is 592 g/mol. The Morgan fingerprint density at radius 2 is 1.76 bits per heavy atom. The molecule has 1 aliphatic heterocycles. The molecule has 1 aliphatic rings. The van der Waals surface area contributed by atoms with Crippen molar-refractivity contribution in [2.45, 2.75) is 13.3 Å². The van der Waals surface area contributed by atoms with Gasteiger partial charge in [0.1, 0.15) is 5.57 Å². The van der Waals surface area contributed by atoms with Crippen LogP contribution in [0.5, 0.6) is 17.2 Å². The van der Waals surface area contributed by atoms with E-state index in [1.807, 2.05) is 0 Å². The number of carbonyl (C=O) groups is 3. The van der Waals surface area contributed by atoms with E-state index in [1.54, 1.807) is 19.1 Å². The number of ether oxygens (including phenoxy) is 2. The molecule has 0 unspecified atom stereocenters. The van der Waals surface area contributed by atoms with E-state index in [0.29, 0.717) is 16.7 Å². The number of benzene rings is 3. The van der Waals surface area contributed by atoms with Crippen molar-refractivity contribution in [1.29, 1.82) is 0 Å². The van der Waals surface area contributed by atoms with Crippen molar-refractivity contribution in [3.05, 3.63) is 109 Å². The molecule has 0 spiro atoms. The molecule has 0 atom stereocenters. The molecule has 1 fully saturated rings. The van der Waals surface area contributed by atoms with Crippen molar-refractivity contribution in [1.82, 2.24) is 5.32 Å². The van der Waals surface area contributed by atoms with Crippen molar-refractivity contribution in [2.24, 2.45) is 0 Å². The van der Waals surface area contributed by atoms with Gasteiger partial charge in [-0.2, -0.15) is 0 Å². The average Bonchev–Trinajstić information content (AvgIpc) is 2.93. The number of imide groups is 2. The summed E-state index contributed by atoms with van der Waals surface area (Å²) in [4.78, 5) is 60.7. The van der Waals surface area contributed by atoms with E-state index < -0.39 is 39.1 Å². The average molecular weight is 593 g/mol. The van der Waals surface area contributed by atoms with Gasteiger partial charge in [0.15, 0.2) is 11.5 Å². The first-order valence-electron chi connectivity index (χ1n) is 12.0. The fourth-order valence-corrected chi connectivity index (χ4v) is 4.33. The zero-order valence-electron chi connectivity index (χ0n) is 22.1. The number of nitrogens with zero attached hydrogens (tertiary/aromatic N) is 3. The number of amides is 4. The molecule has 0 radical (unpaired) electrons. The predicted molar refractivity (Wildman–Crippen MR) is 152 cm³/mol. The number of hydrogen-bond donors (Lipinski definition) is 1. The second-order valence-corrected chi connectivity index (χ2v) is 9.30. The summed E-state index contributed by atoms with van der Waals surface area (Å²) in [5.41, 5.74) is -0.0517. The summed E-state index contributed by atoms with van der Waals surface area (Å²) in [6.07, 6.45) is 2.93. The van der Waals surface area contributed by atoms with Gasteiger partial charge in [0.25, 0.3) is 17.5 Å². The number of nitrogens with one attached hydrogen (secondary N) is 1. The Kier molecular flexibility index (Phi) is 8.33. The van der Waals surface area contributed by atoms with Gasteiger partial charge in [0.05, 0.1) is 28.7 Å². The summed E-state index contributed by atoms with van der Waals surface area (Å²) < 4.78 is 11.3. The second kappa shape index (κ2) is 11.9. The maximum atomic E-state index is 13.4. The Morgan fingerprint density at radius 1 is 1.02 bits per heavy atom. The highest BCUT2D eigenvalue weighted by atomic mass is 35.5. The summed E-state index contributed by atoms with van der Waals surface area (Å²) in [6.45, 7) is 5.38. The summed E-state index contributed by atoms with van der Waals surface area (Å²) in [5.74, 6) is -1.99. The molecule has 4 amide bonds. The summed E-state index contributed by atoms with van der Waals surface area (Å²) in [7, 11) is 1.31. The summed E-state index contributed by atoms with van der Waals surface area (Å²) in [6, 6.07) is 9.58. The highest BCUT2D eigenvalue weighted by Crippen LogP contribution is 2.41. The minimum atomic E-state index is -0.939. The number of aryl methyl sites for hydroxylation is 1. The zero-order valence-corrected chi connectivity index (χ0v) is 22.8. The van der Waals surface area contributed by atoms with Gasteiger partial charge in [-0.15, -0.1) is 6.58 Å². The Morgan fingerprint density at radius 3 is 2.40 bits per heavy atom. The van der Waals surface area contributed by atoms with Crippen LogP contribution in [0, 0.1) is 27.2 Å². The Balaban J connectivity index is 1.80. The van der Waals surface area contributed by atoms with Crippen molar-refractivity contribution >= 4 is 52.6 Å². The van der Waals surface area contributed by atoms with E-state index in [1.165, 1.54) is 37.5 Å². The third-order valence-electron chi connectivity index (χ3n) is 6.13. The van der Waals surface area contributed by atoms with Crippen LogP contribution in [0.4, 0.5) is 21.9 Å². The second-order valence-electron chi connectivity index (χ2n) is 8.86.